The number of aromatic nitrogens is 2. The predicted molar refractivity (Wildman–Crippen MR) is 70.4 cm³/mol. The number of nitrogens with zero attached hydrogens (tertiary/aromatic N) is 2. The Hall–Kier alpha value is -1.13. The molecule has 0 saturated carbocycles. The fourth-order valence-corrected chi connectivity index (χ4v) is 2.00. The molecule has 1 unspecified atom stereocenters. The number of hydrogen-bond acceptors (Lipinski definition) is 3. The summed E-state index contributed by atoms with van der Waals surface area (Å²) < 4.78 is 1.67. The second-order valence-electron chi connectivity index (χ2n) is 5.21. The fourth-order valence-electron chi connectivity index (χ4n) is 2.00. The van der Waals surface area contributed by atoms with Crippen molar-refractivity contribution in [3.63, 3.8) is 0 Å². The van der Waals surface area contributed by atoms with Gasteiger partial charge < -0.3 is 10.4 Å². The van der Waals surface area contributed by atoms with Gasteiger partial charge in [0.15, 0.2) is 0 Å². The van der Waals surface area contributed by atoms with E-state index in [0.29, 0.717) is 19.0 Å². The molecule has 4 nitrogen and oxygen atoms in total. The van der Waals surface area contributed by atoms with Gasteiger partial charge in [-0.25, -0.2) is 4.68 Å². The highest BCUT2D eigenvalue weighted by molar-refractivity contribution is 5.17. The van der Waals surface area contributed by atoms with Crippen LogP contribution in [0, 0.1) is 5.92 Å². The molecule has 0 aromatic carbocycles. The minimum Gasteiger partial charge on any atom is -0.389 e. The normalized spacial score (nSPS) is 14.9. The van der Waals surface area contributed by atoms with E-state index >= 15 is 0 Å². The Kier molecular flexibility index (Phi) is 4.90. The zero-order valence-corrected chi connectivity index (χ0v) is 11.0. The standard InChI is InChI=1S/C13H23N3O/c1-5-16-9-12(8-15-16)7-14-10-13(4,17)6-11(2)3/h5,8-9,11,14,17H,1,6-7,10H2,2-4H3. The molecule has 0 aliphatic heterocycles. The van der Waals surface area contributed by atoms with Crippen molar-refractivity contribution in [1.29, 1.82) is 0 Å². The van der Waals surface area contributed by atoms with Crippen molar-refractivity contribution >= 4 is 6.20 Å². The van der Waals surface area contributed by atoms with Gasteiger partial charge in [-0.2, -0.15) is 5.10 Å². The Morgan fingerprint density at radius 2 is 2.35 bits per heavy atom. The smallest absolute Gasteiger partial charge is 0.0746 e. The second kappa shape index (κ2) is 5.98. The van der Waals surface area contributed by atoms with E-state index in [1.165, 1.54) is 0 Å². The van der Waals surface area contributed by atoms with E-state index in [0.717, 1.165) is 12.0 Å². The lowest BCUT2D eigenvalue weighted by atomic mass is 9.94. The van der Waals surface area contributed by atoms with Crippen molar-refractivity contribution in [2.75, 3.05) is 6.54 Å². The van der Waals surface area contributed by atoms with E-state index in [4.69, 9.17) is 0 Å². The maximum Gasteiger partial charge on any atom is 0.0746 e. The Labute approximate surface area is 103 Å². The first-order valence-electron chi connectivity index (χ1n) is 6.01. The van der Waals surface area contributed by atoms with Gasteiger partial charge in [0.05, 0.1) is 11.8 Å². The van der Waals surface area contributed by atoms with E-state index < -0.39 is 5.60 Å². The van der Waals surface area contributed by atoms with Gasteiger partial charge in [-0.15, -0.1) is 0 Å². The molecular formula is C13H23N3O. The molecule has 0 saturated heterocycles. The summed E-state index contributed by atoms with van der Waals surface area (Å²) in [7, 11) is 0. The van der Waals surface area contributed by atoms with Crippen molar-refractivity contribution in [2.24, 2.45) is 5.92 Å². The Morgan fingerprint density at radius 3 is 2.88 bits per heavy atom. The van der Waals surface area contributed by atoms with Gasteiger partial charge in [-0.1, -0.05) is 20.4 Å². The van der Waals surface area contributed by atoms with E-state index in [-0.39, 0.29) is 0 Å². The molecule has 4 heteroatoms. The molecule has 0 amide bonds. The zero-order chi connectivity index (χ0) is 12.9. The highest BCUT2D eigenvalue weighted by Crippen LogP contribution is 2.15. The number of hydrogen-bond donors (Lipinski definition) is 2. The van der Waals surface area contributed by atoms with Gasteiger partial charge in [0.2, 0.25) is 0 Å². The van der Waals surface area contributed by atoms with Crippen LogP contribution in [0.1, 0.15) is 32.8 Å². The summed E-state index contributed by atoms with van der Waals surface area (Å²) >= 11 is 0. The van der Waals surface area contributed by atoms with Crippen molar-refractivity contribution in [2.45, 2.75) is 39.3 Å². The van der Waals surface area contributed by atoms with Crippen LogP contribution >= 0.6 is 0 Å². The zero-order valence-electron chi connectivity index (χ0n) is 11.0. The van der Waals surface area contributed by atoms with Gasteiger partial charge in [0, 0.05) is 31.0 Å². The van der Waals surface area contributed by atoms with Crippen LogP contribution in [0.3, 0.4) is 0 Å². The monoisotopic (exact) mass is 237 g/mol. The summed E-state index contributed by atoms with van der Waals surface area (Å²) in [6.07, 6.45) is 6.16. The molecule has 0 radical (unpaired) electrons. The van der Waals surface area contributed by atoms with Crippen molar-refractivity contribution in [3.8, 4) is 0 Å². The predicted octanol–water partition coefficient (Wildman–Crippen LogP) is 1.87. The van der Waals surface area contributed by atoms with Gasteiger partial charge in [-0.3, -0.25) is 0 Å². The fraction of sp³-hybridized carbons (Fsp3) is 0.615. The third-order valence-corrected chi connectivity index (χ3v) is 2.52. The van der Waals surface area contributed by atoms with Crippen LogP contribution in [0.2, 0.25) is 0 Å². The largest absolute Gasteiger partial charge is 0.389 e. The summed E-state index contributed by atoms with van der Waals surface area (Å²) in [4.78, 5) is 0. The minimum atomic E-state index is -0.650. The molecule has 0 fully saturated rings. The molecule has 17 heavy (non-hydrogen) atoms. The third kappa shape index (κ3) is 5.15. The van der Waals surface area contributed by atoms with Crippen molar-refractivity contribution in [3.05, 3.63) is 24.5 Å². The average Bonchev–Trinajstić information content (AvgIpc) is 2.63. The summed E-state index contributed by atoms with van der Waals surface area (Å²) in [6.45, 7) is 11.0. The highest BCUT2D eigenvalue weighted by atomic mass is 16.3. The van der Waals surface area contributed by atoms with Crippen LogP contribution in [0.25, 0.3) is 6.20 Å². The lowest BCUT2D eigenvalue weighted by Crippen LogP contribution is -2.38. The Morgan fingerprint density at radius 1 is 1.65 bits per heavy atom. The number of nitrogens with one attached hydrogen (secondary N) is 1. The van der Waals surface area contributed by atoms with Crippen LogP contribution in [0.15, 0.2) is 19.0 Å². The van der Waals surface area contributed by atoms with E-state index in [9.17, 15) is 5.11 Å². The summed E-state index contributed by atoms with van der Waals surface area (Å²) in [6, 6.07) is 0. The number of rotatable bonds is 7. The van der Waals surface area contributed by atoms with Crippen molar-refractivity contribution in [1.82, 2.24) is 15.1 Å². The molecule has 2 N–H and O–H groups in total. The molecule has 1 heterocycles. The van der Waals surface area contributed by atoms with E-state index in [1.807, 2.05) is 13.1 Å². The minimum absolute atomic E-state index is 0.496. The molecule has 1 aromatic heterocycles. The average molecular weight is 237 g/mol. The molecule has 1 atom stereocenters. The maximum absolute atomic E-state index is 10.1. The topological polar surface area (TPSA) is 50.1 Å². The molecule has 0 aliphatic rings. The van der Waals surface area contributed by atoms with E-state index in [1.54, 1.807) is 17.1 Å². The lowest BCUT2D eigenvalue weighted by Gasteiger charge is -2.25. The molecular weight excluding hydrogens is 214 g/mol. The second-order valence-corrected chi connectivity index (χ2v) is 5.21. The SMILES string of the molecule is C=Cn1cc(CNCC(C)(O)CC(C)C)cn1. The summed E-state index contributed by atoms with van der Waals surface area (Å²) in [5, 5.41) is 17.5. The summed E-state index contributed by atoms with van der Waals surface area (Å²) in [5.74, 6) is 0.496. The van der Waals surface area contributed by atoms with E-state index in [2.05, 4.69) is 30.8 Å². The first-order valence-corrected chi connectivity index (χ1v) is 6.01. The Bertz CT molecular complexity index is 355. The van der Waals surface area contributed by atoms with Gasteiger partial charge >= 0.3 is 0 Å². The molecule has 0 bridgehead atoms. The molecule has 0 spiro atoms. The molecule has 96 valence electrons. The molecule has 0 aliphatic carbocycles. The first-order chi connectivity index (χ1) is 7.93. The molecule has 1 aromatic rings. The lowest BCUT2D eigenvalue weighted by molar-refractivity contribution is 0.0383. The van der Waals surface area contributed by atoms with Crippen LogP contribution in [-0.2, 0) is 6.54 Å². The molecule has 1 rings (SSSR count). The maximum atomic E-state index is 10.1. The van der Waals surface area contributed by atoms with Gasteiger partial charge in [0.25, 0.3) is 0 Å². The van der Waals surface area contributed by atoms with Crippen LogP contribution < -0.4 is 5.32 Å². The van der Waals surface area contributed by atoms with Gasteiger partial charge in [0.1, 0.15) is 0 Å². The van der Waals surface area contributed by atoms with Crippen LogP contribution in [0.4, 0.5) is 0 Å². The summed E-state index contributed by atoms with van der Waals surface area (Å²) in [5.41, 5.74) is 0.438. The Balaban J connectivity index is 2.34. The van der Waals surface area contributed by atoms with Crippen molar-refractivity contribution < 1.29 is 5.11 Å². The van der Waals surface area contributed by atoms with Crippen LogP contribution in [0.5, 0.6) is 0 Å². The number of aliphatic hydroxyl groups is 1. The quantitative estimate of drug-likeness (QED) is 0.761. The van der Waals surface area contributed by atoms with Gasteiger partial charge in [-0.05, 0) is 19.3 Å². The highest BCUT2D eigenvalue weighted by Gasteiger charge is 2.20. The van der Waals surface area contributed by atoms with Crippen LogP contribution in [-0.4, -0.2) is 27.0 Å². The first kappa shape index (κ1) is 13.9. The third-order valence-electron chi connectivity index (χ3n) is 2.52.